The largest absolute Gasteiger partial charge is 0.486 e. The van der Waals surface area contributed by atoms with Gasteiger partial charge in [-0.15, -0.1) is 0 Å². The normalized spacial score (nSPS) is 15.6. The monoisotopic (exact) mass is 407 g/mol. The number of carbonyl (C=O) groups excluding carboxylic acids is 1. The number of ether oxygens (including phenoxy) is 1. The van der Waals surface area contributed by atoms with Crippen molar-refractivity contribution in [2.24, 2.45) is 0 Å². The minimum absolute atomic E-state index is 0.0509. The fraction of sp³-hybridized carbons (Fsp3) is 0.364. The minimum atomic E-state index is -0.221. The Labute approximate surface area is 174 Å². The molecule has 8 nitrogen and oxygen atoms in total. The van der Waals surface area contributed by atoms with Gasteiger partial charge in [0.1, 0.15) is 17.5 Å². The maximum Gasteiger partial charge on any atom is 0.269 e. The summed E-state index contributed by atoms with van der Waals surface area (Å²) in [6, 6.07) is 7.43. The standard InChI is InChI=1S/C22H25N5O3/c1-4-14-7-19-20(26-21(14)28)8-15(9-24-19)13(2)27-11-17(12-27)30-16-5-6-18(25-10-16)22(29)23-3/h5-10,13,17H,4,11-12H2,1-3H3,(H,23,29)(H,26,28)/t13-/m1/s1. The molecule has 0 radical (unpaired) electrons. The van der Waals surface area contributed by atoms with Crippen molar-refractivity contribution in [3.05, 3.63) is 63.8 Å². The molecule has 3 aromatic rings. The van der Waals surface area contributed by atoms with Crippen molar-refractivity contribution in [3.8, 4) is 5.75 Å². The maximum absolute atomic E-state index is 12.1. The summed E-state index contributed by atoms with van der Waals surface area (Å²) in [7, 11) is 1.57. The summed E-state index contributed by atoms with van der Waals surface area (Å²) in [4.78, 5) is 37.5. The number of fused-ring (bicyclic) bond motifs is 1. The van der Waals surface area contributed by atoms with Crippen molar-refractivity contribution in [1.82, 2.24) is 25.2 Å². The lowest BCUT2D eigenvalue weighted by Crippen LogP contribution is -2.54. The van der Waals surface area contributed by atoms with Crippen LogP contribution in [-0.2, 0) is 6.42 Å². The van der Waals surface area contributed by atoms with Gasteiger partial charge in [-0.1, -0.05) is 6.92 Å². The van der Waals surface area contributed by atoms with E-state index in [0.29, 0.717) is 17.9 Å². The van der Waals surface area contributed by atoms with E-state index in [1.807, 2.05) is 25.3 Å². The fourth-order valence-electron chi connectivity index (χ4n) is 3.61. The van der Waals surface area contributed by atoms with Crippen molar-refractivity contribution in [2.75, 3.05) is 20.1 Å². The SMILES string of the molecule is CCc1cc2ncc([C@@H](C)N3CC(Oc4ccc(C(=O)NC)nc4)C3)cc2[nH]c1=O. The molecule has 0 aliphatic carbocycles. The predicted octanol–water partition coefficient (Wildman–Crippen LogP) is 2.06. The molecule has 1 atom stereocenters. The Kier molecular flexibility index (Phi) is 5.50. The Morgan fingerprint density at radius 3 is 2.77 bits per heavy atom. The zero-order chi connectivity index (χ0) is 21.3. The Hall–Kier alpha value is -3.26. The molecule has 3 aromatic heterocycles. The van der Waals surface area contributed by atoms with Crippen LogP contribution in [-0.4, -0.2) is 52.0 Å². The second kappa shape index (κ2) is 8.23. The van der Waals surface area contributed by atoms with Crippen LogP contribution >= 0.6 is 0 Å². The molecule has 1 aliphatic rings. The number of hydrogen-bond acceptors (Lipinski definition) is 6. The molecule has 0 spiro atoms. The lowest BCUT2D eigenvalue weighted by Gasteiger charge is -2.42. The molecule has 4 rings (SSSR count). The van der Waals surface area contributed by atoms with Crippen LogP contribution < -0.4 is 15.6 Å². The number of nitrogens with zero attached hydrogens (tertiary/aromatic N) is 3. The van der Waals surface area contributed by atoms with Gasteiger partial charge in [0.25, 0.3) is 11.5 Å². The highest BCUT2D eigenvalue weighted by molar-refractivity contribution is 5.92. The summed E-state index contributed by atoms with van der Waals surface area (Å²) >= 11 is 0. The Morgan fingerprint density at radius 2 is 2.10 bits per heavy atom. The van der Waals surface area contributed by atoms with Gasteiger partial charge in [0.15, 0.2) is 0 Å². The van der Waals surface area contributed by atoms with Gasteiger partial charge in [-0.05, 0) is 43.2 Å². The maximum atomic E-state index is 12.1. The number of rotatable bonds is 6. The van der Waals surface area contributed by atoms with Gasteiger partial charge >= 0.3 is 0 Å². The number of likely N-dealkylation sites (tertiary alicyclic amines) is 1. The quantitative estimate of drug-likeness (QED) is 0.649. The van der Waals surface area contributed by atoms with Crippen molar-refractivity contribution in [3.63, 3.8) is 0 Å². The molecule has 0 bridgehead atoms. The van der Waals surface area contributed by atoms with Gasteiger partial charge in [0, 0.05) is 37.9 Å². The van der Waals surface area contributed by atoms with E-state index in [1.54, 1.807) is 25.4 Å². The van der Waals surface area contributed by atoms with E-state index >= 15 is 0 Å². The van der Waals surface area contributed by atoms with Crippen LogP contribution in [0.5, 0.6) is 5.75 Å². The Bertz CT molecular complexity index is 1120. The van der Waals surface area contributed by atoms with E-state index in [9.17, 15) is 9.59 Å². The van der Waals surface area contributed by atoms with Crippen LogP contribution in [0, 0.1) is 0 Å². The smallest absolute Gasteiger partial charge is 0.269 e. The number of pyridine rings is 3. The topological polar surface area (TPSA) is 100 Å². The molecule has 1 saturated heterocycles. The first kappa shape index (κ1) is 20.0. The minimum Gasteiger partial charge on any atom is -0.486 e. The van der Waals surface area contributed by atoms with Crippen molar-refractivity contribution < 1.29 is 9.53 Å². The number of aromatic amines is 1. The molecule has 1 aliphatic heterocycles. The highest BCUT2D eigenvalue weighted by Crippen LogP contribution is 2.28. The van der Waals surface area contributed by atoms with Crippen LogP contribution in [0.4, 0.5) is 0 Å². The number of aromatic nitrogens is 3. The number of aryl methyl sites for hydroxylation is 1. The Morgan fingerprint density at radius 1 is 1.30 bits per heavy atom. The van der Waals surface area contributed by atoms with Crippen LogP contribution in [0.2, 0.25) is 0 Å². The van der Waals surface area contributed by atoms with Crippen molar-refractivity contribution >= 4 is 16.9 Å². The lowest BCUT2D eigenvalue weighted by atomic mass is 10.0. The lowest BCUT2D eigenvalue weighted by molar-refractivity contribution is -0.00545. The summed E-state index contributed by atoms with van der Waals surface area (Å²) in [5.41, 5.74) is 3.68. The average Bonchev–Trinajstić information content (AvgIpc) is 2.74. The van der Waals surface area contributed by atoms with E-state index < -0.39 is 0 Å². The summed E-state index contributed by atoms with van der Waals surface area (Å²) in [6.07, 6.45) is 4.20. The van der Waals surface area contributed by atoms with Gasteiger partial charge in [0.2, 0.25) is 0 Å². The highest BCUT2D eigenvalue weighted by atomic mass is 16.5. The third-order valence-electron chi connectivity index (χ3n) is 5.58. The van der Waals surface area contributed by atoms with Crippen LogP contribution in [0.25, 0.3) is 11.0 Å². The van der Waals surface area contributed by atoms with Gasteiger partial charge in [-0.3, -0.25) is 19.5 Å². The molecule has 8 heteroatoms. The van der Waals surface area contributed by atoms with Gasteiger partial charge in [-0.2, -0.15) is 0 Å². The number of hydrogen-bond donors (Lipinski definition) is 2. The van der Waals surface area contributed by atoms with Crippen LogP contribution in [0.1, 0.15) is 41.5 Å². The third kappa shape index (κ3) is 3.91. The number of carbonyl (C=O) groups is 1. The molecule has 30 heavy (non-hydrogen) atoms. The van der Waals surface area contributed by atoms with Gasteiger partial charge in [-0.25, -0.2) is 4.98 Å². The van der Waals surface area contributed by atoms with E-state index in [4.69, 9.17) is 4.74 Å². The number of H-pyrrole nitrogens is 1. The summed E-state index contributed by atoms with van der Waals surface area (Å²) in [6.45, 7) is 5.64. The molecule has 0 unspecified atom stereocenters. The molecular weight excluding hydrogens is 382 g/mol. The highest BCUT2D eigenvalue weighted by Gasteiger charge is 2.32. The summed E-state index contributed by atoms with van der Waals surface area (Å²) in [5, 5.41) is 2.54. The van der Waals surface area contributed by atoms with Crippen molar-refractivity contribution in [1.29, 1.82) is 0 Å². The summed E-state index contributed by atoms with van der Waals surface area (Å²) in [5.74, 6) is 0.429. The molecular formula is C22H25N5O3. The van der Waals surface area contributed by atoms with E-state index in [2.05, 4.69) is 32.1 Å². The second-order valence-electron chi connectivity index (χ2n) is 7.51. The van der Waals surface area contributed by atoms with Crippen molar-refractivity contribution in [2.45, 2.75) is 32.4 Å². The number of nitrogens with one attached hydrogen (secondary N) is 2. The number of amides is 1. The molecule has 2 N–H and O–H groups in total. The first-order valence-corrected chi connectivity index (χ1v) is 10.1. The molecule has 0 aromatic carbocycles. The van der Waals surface area contributed by atoms with Crippen LogP contribution in [0.15, 0.2) is 41.5 Å². The predicted molar refractivity (Wildman–Crippen MR) is 114 cm³/mol. The van der Waals surface area contributed by atoms with E-state index in [0.717, 1.165) is 35.2 Å². The van der Waals surface area contributed by atoms with Gasteiger partial charge < -0.3 is 15.0 Å². The molecule has 0 saturated carbocycles. The second-order valence-corrected chi connectivity index (χ2v) is 7.51. The fourth-order valence-corrected chi connectivity index (χ4v) is 3.61. The third-order valence-corrected chi connectivity index (χ3v) is 5.58. The molecule has 4 heterocycles. The average molecular weight is 407 g/mol. The van der Waals surface area contributed by atoms with Gasteiger partial charge in [0.05, 0.1) is 17.2 Å². The van der Waals surface area contributed by atoms with Crippen LogP contribution in [0.3, 0.4) is 0 Å². The zero-order valence-corrected chi connectivity index (χ0v) is 17.3. The first-order valence-electron chi connectivity index (χ1n) is 10.1. The van der Waals surface area contributed by atoms with E-state index in [-0.39, 0.29) is 23.6 Å². The molecule has 1 amide bonds. The first-order chi connectivity index (χ1) is 14.5. The molecule has 156 valence electrons. The van der Waals surface area contributed by atoms with E-state index in [1.165, 1.54) is 0 Å². The Balaban J connectivity index is 1.38. The molecule has 1 fully saturated rings. The zero-order valence-electron chi connectivity index (χ0n) is 17.3. The summed E-state index contributed by atoms with van der Waals surface area (Å²) < 4.78 is 5.95.